The lowest BCUT2D eigenvalue weighted by molar-refractivity contribution is 0.625. The quantitative estimate of drug-likeness (QED) is 0.857. The van der Waals surface area contributed by atoms with Gasteiger partial charge in [0.1, 0.15) is 5.82 Å². The molecule has 0 amide bonds. The second-order valence-corrected chi connectivity index (χ2v) is 4.61. The van der Waals surface area contributed by atoms with Gasteiger partial charge in [0.25, 0.3) is 0 Å². The van der Waals surface area contributed by atoms with E-state index in [1.807, 2.05) is 42.3 Å². The standard InChI is InChI=1S/C14H14ClFN2/c1-18(12-4-2-3-11(17)8-12)9-10-5-6-13(15)14(16)7-10/h2-8H,9,17H2,1H3. The lowest BCUT2D eigenvalue weighted by Crippen LogP contribution is -2.16. The van der Waals surface area contributed by atoms with E-state index in [-0.39, 0.29) is 5.02 Å². The molecule has 0 spiro atoms. The van der Waals surface area contributed by atoms with Crippen LogP contribution in [0.25, 0.3) is 0 Å². The fourth-order valence-corrected chi connectivity index (χ4v) is 1.88. The number of hydrogen-bond acceptors (Lipinski definition) is 2. The Bertz CT molecular complexity index is 557. The van der Waals surface area contributed by atoms with E-state index >= 15 is 0 Å². The summed E-state index contributed by atoms with van der Waals surface area (Å²) in [5.41, 5.74) is 8.29. The molecule has 0 bridgehead atoms. The average Bonchev–Trinajstić information content (AvgIpc) is 2.34. The number of hydrogen-bond donors (Lipinski definition) is 1. The van der Waals surface area contributed by atoms with Gasteiger partial charge in [-0.2, -0.15) is 0 Å². The third-order valence-electron chi connectivity index (χ3n) is 2.71. The number of nitrogens with two attached hydrogens (primary N) is 1. The molecular formula is C14H14ClFN2. The number of rotatable bonds is 3. The van der Waals surface area contributed by atoms with Gasteiger partial charge < -0.3 is 10.6 Å². The van der Waals surface area contributed by atoms with E-state index in [4.69, 9.17) is 17.3 Å². The Hall–Kier alpha value is -1.74. The van der Waals surface area contributed by atoms with Crippen LogP contribution in [0.3, 0.4) is 0 Å². The second kappa shape index (κ2) is 5.27. The van der Waals surface area contributed by atoms with E-state index in [2.05, 4.69) is 0 Å². The summed E-state index contributed by atoms with van der Waals surface area (Å²) in [4.78, 5) is 2.00. The monoisotopic (exact) mass is 264 g/mol. The molecule has 2 nitrogen and oxygen atoms in total. The van der Waals surface area contributed by atoms with Crippen LogP contribution in [0.1, 0.15) is 5.56 Å². The molecule has 0 saturated heterocycles. The van der Waals surface area contributed by atoms with Crippen LogP contribution in [-0.4, -0.2) is 7.05 Å². The van der Waals surface area contributed by atoms with Gasteiger partial charge in [0.15, 0.2) is 0 Å². The highest BCUT2D eigenvalue weighted by molar-refractivity contribution is 6.30. The Labute approximate surface area is 111 Å². The van der Waals surface area contributed by atoms with Crippen molar-refractivity contribution >= 4 is 23.0 Å². The van der Waals surface area contributed by atoms with Crippen molar-refractivity contribution in [2.45, 2.75) is 6.54 Å². The molecule has 0 heterocycles. The fraction of sp³-hybridized carbons (Fsp3) is 0.143. The topological polar surface area (TPSA) is 29.3 Å². The maximum absolute atomic E-state index is 13.3. The van der Waals surface area contributed by atoms with Crippen LogP contribution in [0.15, 0.2) is 42.5 Å². The van der Waals surface area contributed by atoms with Gasteiger partial charge in [-0.1, -0.05) is 23.7 Å². The molecule has 2 aromatic carbocycles. The van der Waals surface area contributed by atoms with Gasteiger partial charge in [-0.05, 0) is 35.9 Å². The van der Waals surface area contributed by atoms with Crippen LogP contribution in [0, 0.1) is 5.82 Å². The number of anilines is 2. The second-order valence-electron chi connectivity index (χ2n) is 4.20. The molecular weight excluding hydrogens is 251 g/mol. The maximum atomic E-state index is 13.3. The molecule has 2 N–H and O–H groups in total. The first-order valence-electron chi connectivity index (χ1n) is 5.57. The largest absolute Gasteiger partial charge is 0.399 e. The molecule has 0 aromatic heterocycles. The van der Waals surface area contributed by atoms with Crippen LogP contribution in [0.4, 0.5) is 15.8 Å². The SMILES string of the molecule is CN(Cc1ccc(Cl)c(F)c1)c1cccc(N)c1. The molecule has 0 aliphatic carbocycles. The van der Waals surface area contributed by atoms with E-state index in [1.54, 1.807) is 6.07 Å². The highest BCUT2D eigenvalue weighted by Crippen LogP contribution is 2.20. The third kappa shape index (κ3) is 2.93. The zero-order valence-electron chi connectivity index (χ0n) is 10.0. The number of benzene rings is 2. The van der Waals surface area contributed by atoms with Gasteiger partial charge in [-0.3, -0.25) is 0 Å². The summed E-state index contributed by atoms with van der Waals surface area (Å²) in [6, 6.07) is 12.4. The summed E-state index contributed by atoms with van der Waals surface area (Å²) in [6.45, 7) is 0.595. The Morgan fingerprint density at radius 2 is 2.00 bits per heavy atom. The Balaban J connectivity index is 2.16. The summed E-state index contributed by atoms with van der Waals surface area (Å²) in [5.74, 6) is -0.393. The van der Waals surface area contributed by atoms with E-state index in [1.165, 1.54) is 6.07 Å². The highest BCUT2D eigenvalue weighted by Gasteiger charge is 2.05. The Morgan fingerprint density at radius 1 is 1.22 bits per heavy atom. The van der Waals surface area contributed by atoms with Crippen molar-refractivity contribution in [3.8, 4) is 0 Å². The molecule has 0 fully saturated rings. The number of nitrogens with zero attached hydrogens (tertiary/aromatic N) is 1. The summed E-state index contributed by atoms with van der Waals surface area (Å²) >= 11 is 5.65. The zero-order valence-corrected chi connectivity index (χ0v) is 10.8. The van der Waals surface area contributed by atoms with Gasteiger partial charge in [0, 0.05) is 25.0 Å². The van der Waals surface area contributed by atoms with E-state index in [0.717, 1.165) is 11.3 Å². The van der Waals surface area contributed by atoms with Crippen LogP contribution in [0.2, 0.25) is 5.02 Å². The van der Waals surface area contributed by atoms with Crippen molar-refractivity contribution < 1.29 is 4.39 Å². The summed E-state index contributed by atoms with van der Waals surface area (Å²) in [5, 5.41) is 0.144. The molecule has 0 saturated carbocycles. The normalized spacial score (nSPS) is 10.4. The smallest absolute Gasteiger partial charge is 0.142 e. The Morgan fingerprint density at radius 3 is 2.67 bits per heavy atom. The molecule has 0 atom stereocenters. The minimum absolute atomic E-state index is 0.144. The predicted molar refractivity (Wildman–Crippen MR) is 74.4 cm³/mol. The Kier molecular flexibility index (Phi) is 3.72. The third-order valence-corrected chi connectivity index (χ3v) is 3.02. The molecule has 0 aliphatic rings. The molecule has 4 heteroatoms. The van der Waals surface area contributed by atoms with Crippen molar-refractivity contribution in [3.63, 3.8) is 0 Å². The predicted octanol–water partition coefficient (Wildman–Crippen LogP) is 3.70. The first kappa shape index (κ1) is 12.7. The number of nitrogen functional groups attached to an aromatic ring is 1. The molecule has 2 rings (SSSR count). The summed E-state index contributed by atoms with van der Waals surface area (Å²) in [7, 11) is 1.93. The van der Waals surface area contributed by atoms with Crippen LogP contribution in [0.5, 0.6) is 0 Å². The molecule has 0 radical (unpaired) electrons. The summed E-state index contributed by atoms with van der Waals surface area (Å²) in [6.07, 6.45) is 0. The van der Waals surface area contributed by atoms with Gasteiger partial charge in [-0.15, -0.1) is 0 Å². The first-order chi connectivity index (χ1) is 8.56. The average molecular weight is 265 g/mol. The van der Waals surface area contributed by atoms with Crippen molar-refractivity contribution in [2.24, 2.45) is 0 Å². The molecule has 0 aliphatic heterocycles. The van der Waals surface area contributed by atoms with Crippen molar-refractivity contribution in [2.75, 3.05) is 17.7 Å². The van der Waals surface area contributed by atoms with Crippen molar-refractivity contribution in [1.82, 2.24) is 0 Å². The van der Waals surface area contributed by atoms with Crippen molar-refractivity contribution in [3.05, 3.63) is 58.9 Å². The number of halogens is 2. The van der Waals surface area contributed by atoms with E-state index in [0.29, 0.717) is 12.2 Å². The first-order valence-corrected chi connectivity index (χ1v) is 5.94. The van der Waals surface area contributed by atoms with Gasteiger partial charge in [0.2, 0.25) is 0 Å². The highest BCUT2D eigenvalue weighted by atomic mass is 35.5. The molecule has 94 valence electrons. The van der Waals surface area contributed by atoms with Crippen molar-refractivity contribution in [1.29, 1.82) is 0 Å². The molecule has 18 heavy (non-hydrogen) atoms. The minimum Gasteiger partial charge on any atom is -0.399 e. The van der Waals surface area contributed by atoms with Gasteiger partial charge in [-0.25, -0.2) is 4.39 Å². The fourth-order valence-electron chi connectivity index (χ4n) is 1.77. The minimum atomic E-state index is -0.393. The van der Waals surface area contributed by atoms with Gasteiger partial charge >= 0.3 is 0 Å². The summed E-state index contributed by atoms with van der Waals surface area (Å²) < 4.78 is 13.3. The van der Waals surface area contributed by atoms with Crippen LogP contribution in [-0.2, 0) is 6.54 Å². The zero-order chi connectivity index (χ0) is 13.1. The lowest BCUT2D eigenvalue weighted by atomic mass is 10.2. The van der Waals surface area contributed by atoms with E-state index in [9.17, 15) is 4.39 Å². The van der Waals surface area contributed by atoms with Crippen LogP contribution >= 0.6 is 11.6 Å². The lowest BCUT2D eigenvalue weighted by Gasteiger charge is -2.19. The molecule has 2 aromatic rings. The van der Waals surface area contributed by atoms with Crippen LogP contribution < -0.4 is 10.6 Å². The van der Waals surface area contributed by atoms with Gasteiger partial charge in [0.05, 0.1) is 5.02 Å². The molecule has 0 unspecified atom stereocenters. The maximum Gasteiger partial charge on any atom is 0.142 e. The van der Waals surface area contributed by atoms with E-state index < -0.39 is 5.82 Å².